The van der Waals surface area contributed by atoms with E-state index in [0.29, 0.717) is 22.0 Å². The number of allylic oxidation sites excluding steroid dienone is 1. The summed E-state index contributed by atoms with van der Waals surface area (Å²) in [5.41, 5.74) is 1.82. The van der Waals surface area contributed by atoms with E-state index in [2.05, 4.69) is 17.2 Å². The van der Waals surface area contributed by atoms with Gasteiger partial charge in [-0.3, -0.25) is 9.79 Å². The summed E-state index contributed by atoms with van der Waals surface area (Å²) in [6.45, 7) is 6.58. The zero-order chi connectivity index (χ0) is 21.2. The fourth-order valence-electron chi connectivity index (χ4n) is 3.30. The zero-order valence-electron chi connectivity index (χ0n) is 16.7. The van der Waals surface area contributed by atoms with Crippen LogP contribution in [-0.2, 0) is 11.2 Å². The van der Waals surface area contributed by atoms with Gasteiger partial charge in [0.05, 0.1) is 28.5 Å². The number of nitrogens with one attached hydrogen (secondary N) is 1. The third-order valence-electron chi connectivity index (χ3n) is 4.87. The first kappa shape index (κ1) is 22.3. The molecule has 4 nitrogen and oxygen atoms in total. The molecule has 1 aromatic carbocycles. The molecule has 0 fully saturated rings. The van der Waals surface area contributed by atoms with Gasteiger partial charge in [0.2, 0.25) is 5.91 Å². The summed E-state index contributed by atoms with van der Waals surface area (Å²) in [4.78, 5) is 17.5. The van der Waals surface area contributed by atoms with Crippen LogP contribution in [0.4, 0.5) is 18.9 Å². The third kappa shape index (κ3) is 4.87. The van der Waals surface area contributed by atoms with Crippen LogP contribution in [0.5, 0.6) is 0 Å². The van der Waals surface area contributed by atoms with Crippen molar-refractivity contribution in [2.24, 2.45) is 4.99 Å². The summed E-state index contributed by atoms with van der Waals surface area (Å²) in [6, 6.07) is 3.55. The molecule has 0 saturated heterocycles. The third-order valence-corrected chi connectivity index (χ3v) is 5.17. The highest BCUT2D eigenvalue weighted by Crippen LogP contribution is 2.37. The lowest BCUT2D eigenvalue weighted by Crippen LogP contribution is -2.28. The number of rotatable bonds is 6. The zero-order valence-corrected chi connectivity index (χ0v) is 17.4. The molecule has 1 N–H and O–H groups in total. The molecule has 0 saturated carbocycles. The second-order valence-electron chi connectivity index (χ2n) is 7.09. The maximum absolute atomic E-state index is 13.0. The molecule has 8 heteroatoms. The standard InChI is InChI=1S/C20H25ClF3N3O/c1-6-7-11(2)27(5)19(12(3)25-13(4)20(22,23)24)15-8-14-10-17(28)26-18(14)16(21)9-15/h8-9,11H,6-7,10H2,1-5H3,(H,26,28)/b19-12+,25-13?. The minimum absolute atomic E-state index is 0.0862. The second-order valence-corrected chi connectivity index (χ2v) is 7.50. The Morgan fingerprint density at radius 3 is 2.57 bits per heavy atom. The average molecular weight is 416 g/mol. The van der Waals surface area contributed by atoms with Crippen LogP contribution in [0.3, 0.4) is 0 Å². The van der Waals surface area contributed by atoms with Gasteiger partial charge in [0.15, 0.2) is 0 Å². The molecule has 1 aliphatic rings. The number of hydrogen-bond donors (Lipinski definition) is 1. The van der Waals surface area contributed by atoms with Crippen LogP contribution in [0.1, 0.15) is 51.7 Å². The first-order valence-electron chi connectivity index (χ1n) is 9.14. The molecule has 0 spiro atoms. The highest BCUT2D eigenvalue weighted by molar-refractivity contribution is 6.34. The van der Waals surface area contributed by atoms with Gasteiger partial charge in [-0.1, -0.05) is 24.9 Å². The lowest BCUT2D eigenvalue weighted by atomic mass is 10.0. The maximum Gasteiger partial charge on any atom is 0.429 e. The summed E-state index contributed by atoms with van der Waals surface area (Å²) >= 11 is 6.34. The Kier molecular flexibility index (Phi) is 6.80. The van der Waals surface area contributed by atoms with Crippen LogP contribution in [0.25, 0.3) is 5.70 Å². The number of benzene rings is 1. The van der Waals surface area contributed by atoms with Gasteiger partial charge in [0, 0.05) is 18.7 Å². The van der Waals surface area contributed by atoms with E-state index in [0.717, 1.165) is 25.3 Å². The number of carbonyl (C=O) groups excluding carboxylic acids is 1. The number of alkyl halides is 3. The Hall–Kier alpha value is -2.02. The molecular formula is C20H25ClF3N3O. The number of aliphatic imine (C=N–C) groups is 1. The van der Waals surface area contributed by atoms with Crippen LogP contribution in [0, 0.1) is 0 Å². The van der Waals surface area contributed by atoms with Crippen molar-refractivity contribution in [2.75, 3.05) is 12.4 Å². The molecule has 0 radical (unpaired) electrons. The predicted octanol–water partition coefficient (Wildman–Crippen LogP) is 5.67. The van der Waals surface area contributed by atoms with Crippen LogP contribution in [-0.4, -0.2) is 35.8 Å². The van der Waals surface area contributed by atoms with E-state index in [4.69, 9.17) is 11.6 Å². The largest absolute Gasteiger partial charge is 0.429 e. The van der Waals surface area contributed by atoms with Crippen LogP contribution in [0.2, 0.25) is 5.02 Å². The van der Waals surface area contributed by atoms with Crippen molar-refractivity contribution in [2.45, 2.75) is 59.2 Å². The molecule has 1 aliphatic heterocycles. The van der Waals surface area contributed by atoms with Gasteiger partial charge < -0.3 is 10.2 Å². The van der Waals surface area contributed by atoms with Crippen molar-refractivity contribution < 1.29 is 18.0 Å². The number of hydrogen-bond acceptors (Lipinski definition) is 3. The first-order valence-corrected chi connectivity index (χ1v) is 9.52. The molecule has 2 rings (SSSR count). The van der Waals surface area contributed by atoms with E-state index in [-0.39, 0.29) is 24.1 Å². The predicted molar refractivity (Wildman–Crippen MR) is 108 cm³/mol. The number of anilines is 1. The molecule has 1 aromatic rings. The van der Waals surface area contributed by atoms with E-state index in [1.165, 1.54) is 0 Å². The monoisotopic (exact) mass is 415 g/mol. The summed E-state index contributed by atoms with van der Waals surface area (Å²) in [6.07, 6.45) is -2.50. The molecule has 0 aliphatic carbocycles. The number of amides is 1. The van der Waals surface area contributed by atoms with Gasteiger partial charge in [-0.2, -0.15) is 13.2 Å². The van der Waals surface area contributed by atoms with E-state index in [1.54, 1.807) is 19.1 Å². The van der Waals surface area contributed by atoms with Crippen molar-refractivity contribution in [3.63, 3.8) is 0 Å². The Bertz CT molecular complexity index is 831. The van der Waals surface area contributed by atoms with Crippen molar-refractivity contribution in [3.05, 3.63) is 34.0 Å². The number of carbonyl (C=O) groups is 1. The minimum Gasteiger partial charge on any atom is -0.370 e. The molecule has 0 bridgehead atoms. The van der Waals surface area contributed by atoms with Gasteiger partial charge >= 0.3 is 6.18 Å². The quantitative estimate of drug-likeness (QED) is 0.608. The topological polar surface area (TPSA) is 44.7 Å². The number of halogens is 4. The van der Waals surface area contributed by atoms with Crippen LogP contribution in [0.15, 0.2) is 22.8 Å². The van der Waals surface area contributed by atoms with E-state index in [9.17, 15) is 18.0 Å². The Morgan fingerprint density at radius 1 is 1.36 bits per heavy atom. The highest BCUT2D eigenvalue weighted by Gasteiger charge is 2.32. The van der Waals surface area contributed by atoms with E-state index in [1.807, 2.05) is 18.9 Å². The van der Waals surface area contributed by atoms with Gasteiger partial charge in [-0.05, 0) is 44.9 Å². The van der Waals surface area contributed by atoms with Gasteiger partial charge in [0.25, 0.3) is 0 Å². The molecule has 1 atom stereocenters. The fourth-order valence-corrected chi connectivity index (χ4v) is 3.59. The summed E-state index contributed by atoms with van der Waals surface area (Å²) in [7, 11) is 1.84. The normalized spacial score (nSPS) is 16.5. The highest BCUT2D eigenvalue weighted by atomic mass is 35.5. The molecule has 28 heavy (non-hydrogen) atoms. The van der Waals surface area contributed by atoms with Gasteiger partial charge in [-0.25, -0.2) is 0 Å². The molecular weight excluding hydrogens is 391 g/mol. The van der Waals surface area contributed by atoms with Crippen LogP contribution >= 0.6 is 11.6 Å². The molecule has 1 heterocycles. The van der Waals surface area contributed by atoms with Gasteiger partial charge in [-0.15, -0.1) is 0 Å². The smallest absolute Gasteiger partial charge is 0.370 e. The first-order chi connectivity index (χ1) is 13.0. The molecule has 154 valence electrons. The van der Waals surface area contributed by atoms with Crippen molar-refractivity contribution in [1.82, 2.24) is 4.90 Å². The Balaban J connectivity index is 2.63. The van der Waals surface area contributed by atoms with E-state index < -0.39 is 11.9 Å². The molecule has 0 aromatic heterocycles. The maximum atomic E-state index is 13.0. The lowest BCUT2D eigenvalue weighted by Gasteiger charge is -2.31. The van der Waals surface area contributed by atoms with Crippen molar-refractivity contribution in [3.8, 4) is 0 Å². The Labute approximate surface area is 168 Å². The van der Waals surface area contributed by atoms with Crippen LogP contribution < -0.4 is 5.32 Å². The fraction of sp³-hybridized carbons (Fsp3) is 0.500. The SMILES string of the molecule is CCCC(C)N(C)/C(=C(\C)N=C(C)C(F)(F)F)c1cc(Cl)c2c(c1)CC(=O)N2. The molecule has 1 amide bonds. The van der Waals surface area contributed by atoms with Crippen molar-refractivity contribution >= 4 is 34.6 Å². The minimum atomic E-state index is -4.49. The van der Waals surface area contributed by atoms with E-state index >= 15 is 0 Å². The summed E-state index contributed by atoms with van der Waals surface area (Å²) < 4.78 is 39.0. The Morgan fingerprint density at radius 2 is 2.00 bits per heavy atom. The van der Waals surface area contributed by atoms with Gasteiger partial charge in [0.1, 0.15) is 5.71 Å². The van der Waals surface area contributed by atoms with Crippen molar-refractivity contribution in [1.29, 1.82) is 0 Å². The average Bonchev–Trinajstić information content (AvgIpc) is 2.95. The molecule has 1 unspecified atom stereocenters. The summed E-state index contributed by atoms with van der Waals surface area (Å²) in [5.74, 6) is -0.157. The number of nitrogens with zero attached hydrogens (tertiary/aromatic N) is 2. The summed E-state index contributed by atoms with van der Waals surface area (Å²) in [5, 5.41) is 3.07. The lowest BCUT2D eigenvalue weighted by molar-refractivity contribution is -0.115. The second kappa shape index (κ2) is 8.55. The number of fused-ring (bicyclic) bond motifs is 1.